The van der Waals surface area contributed by atoms with Crippen molar-refractivity contribution in [3.63, 3.8) is 0 Å². The van der Waals surface area contributed by atoms with E-state index in [-0.39, 0.29) is 11.2 Å². The van der Waals surface area contributed by atoms with Crippen molar-refractivity contribution in [2.24, 2.45) is 11.3 Å². The van der Waals surface area contributed by atoms with Crippen LogP contribution in [0, 0.1) is 25.2 Å². The van der Waals surface area contributed by atoms with Crippen molar-refractivity contribution >= 4 is 23.2 Å². The number of ether oxygens (including phenoxy) is 1. The number of hydrogen-bond acceptors (Lipinski definition) is 8. The fraction of sp³-hybridized carbons (Fsp3) is 0.556. The van der Waals surface area contributed by atoms with E-state index < -0.39 is 17.6 Å². The lowest BCUT2D eigenvalue weighted by Crippen LogP contribution is -2.41. The Kier molecular flexibility index (Phi) is 7.25. The number of carboxylic acid groups (broad SMARTS) is 1. The van der Waals surface area contributed by atoms with Gasteiger partial charge in [-0.1, -0.05) is 58.9 Å². The number of hydrogen-bond donors (Lipinski definition) is 1. The lowest BCUT2D eigenvalue weighted by Gasteiger charge is -2.36. The van der Waals surface area contributed by atoms with E-state index >= 15 is 0 Å². The van der Waals surface area contributed by atoms with Crippen molar-refractivity contribution in [3.05, 3.63) is 51.5 Å². The van der Waals surface area contributed by atoms with Gasteiger partial charge >= 0.3 is 6.09 Å². The molecule has 1 saturated carbocycles. The van der Waals surface area contributed by atoms with Gasteiger partial charge in [-0.15, -0.1) is 10.2 Å². The van der Waals surface area contributed by atoms with Crippen molar-refractivity contribution in [1.82, 2.24) is 25.1 Å². The predicted octanol–water partition coefficient (Wildman–Crippen LogP) is 6.09. The summed E-state index contributed by atoms with van der Waals surface area (Å²) in [5.41, 5.74) is 1.56. The molecule has 0 aliphatic heterocycles. The number of rotatable bonds is 7. The van der Waals surface area contributed by atoms with Crippen LogP contribution in [-0.2, 0) is 5.41 Å². The normalized spacial score (nSPS) is 18.4. The Bertz CT molecular complexity index is 1260. The van der Waals surface area contributed by atoms with E-state index in [2.05, 4.69) is 58.1 Å². The second kappa shape index (κ2) is 9.96. The summed E-state index contributed by atoms with van der Waals surface area (Å²) in [7, 11) is 0. The zero-order valence-electron chi connectivity index (χ0n) is 22.8. The zero-order chi connectivity index (χ0) is 27.1. The van der Waals surface area contributed by atoms with Crippen LogP contribution in [0.2, 0.25) is 0 Å². The van der Waals surface area contributed by atoms with E-state index in [1.807, 2.05) is 33.9 Å². The van der Waals surface area contributed by atoms with Gasteiger partial charge in [-0.3, -0.25) is 9.88 Å². The molecular weight excluding hydrogens is 488 g/mol. The first kappa shape index (κ1) is 26.9. The van der Waals surface area contributed by atoms with Gasteiger partial charge in [0.25, 0.3) is 0 Å². The van der Waals surface area contributed by atoms with E-state index in [1.165, 1.54) is 16.2 Å². The Morgan fingerprint density at radius 1 is 1.16 bits per heavy atom. The molecule has 1 aliphatic carbocycles. The Balaban J connectivity index is 1.58. The summed E-state index contributed by atoms with van der Waals surface area (Å²) in [5.74, 6) is 1.78. The number of aromatic nitrogens is 5. The Labute approximate surface area is 222 Å². The molecule has 3 aromatic heterocycles. The monoisotopic (exact) mass is 524 g/mol. The summed E-state index contributed by atoms with van der Waals surface area (Å²) in [4.78, 5) is 27.4. The highest BCUT2D eigenvalue weighted by Gasteiger charge is 2.41. The molecule has 4 rings (SSSR count). The smallest absolute Gasteiger partial charge is 0.413 e. The fourth-order valence-corrected chi connectivity index (χ4v) is 5.50. The second-order valence-electron chi connectivity index (χ2n) is 11.9. The van der Waals surface area contributed by atoms with Gasteiger partial charge in [0.05, 0.1) is 6.61 Å². The van der Waals surface area contributed by atoms with Gasteiger partial charge in [0, 0.05) is 35.2 Å². The quantitative estimate of drug-likeness (QED) is 0.395. The minimum atomic E-state index is -1.12. The number of aryl methyl sites for hydroxylation is 2. The molecule has 3 heterocycles. The molecule has 0 saturated heterocycles. The maximum Gasteiger partial charge on any atom is 0.413 e. The van der Waals surface area contributed by atoms with Crippen LogP contribution in [-0.4, -0.2) is 43.0 Å². The SMILES string of the molecule is Cc1ccc([C@H]2C[C@@H]2COc2cc(N(C(=O)O)C(c3nnc(C(C)(C)C)s3)C(C)(C)C)nc(C)n2)nc1. The molecule has 3 aromatic rings. The molecular formula is C27H36N6O3S. The van der Waals surface area contributed by atoms with Crippen molar-refractivity contribution in [3.8, 4) is 5.88 Å². The number of nitrogens with zero attached hydrogens (tertiary/aromatic N) is 6. The molecule has 3 atom stereocenters. The average Bonchev–Trinajstić information content (AvgIpc) is 3.38. The molecule has 9 nitrogen and oxygen atoms in total. The fourth-order valence-electron chi connectivity index (χ4n) is 4.26. The van der Waals surface area contributed by atoms with Crippen LogP contribution in [0.4, 0.5) is 10.6 Å². The standard InChI is InChI=1S/C27H36N6O3S/c1-15-9-10-19(28-13-15)18-11-17(18)14-36-21-12-20(29-16(2)30-21)33(25(34)35)22(26(3,4)5)23-31-32-24(37-23)27(6,7)8/h9-10,12-13,17-18,22H,11,14H2,1-8H3,(H,34,35)/t17-,18+,22?/m1/s1. The molecule has 1 amide bonds. The van der Waals surface area contributed by atoms with Crippen molar-refractivity contribution < 1.29 is 14.6 Å². The summed E-state index contributed by atoms with van der Waals surface area (Å²) in [5, 5.41) is 20.6. The van der Waals surface area contributed by atoms with E-state index in [0.29, 0.717) is 35.2 Å². The minimum absolute atomic E-state index is 0.187. The summed E-state index contributed by atoms with van der Waals surface area (Å²) in [6.07, 6.45) is 1.78. The van der Waals surface area contributed by atoms with Gasteiger partial charge < -0.3 is 9.84 Å². The van der Waals surface area contributed by atoms with E-state index in [0.717, 1.165) is 22.7 Å². The van der Waals surface area contributed by atoms with E-state index in [9.17, 15) is 9.90 Å². The van der Waals surface area contributed by atoms with Gasteiger partial charge in [-0.2, -0.15) is 4.98 Å². The largest absolute Gasteiger partial charge is 0.477 e. The van der Waals surface area contributed by atoms with Crippen LogP contribution in [0.3, 0.4) is 0 Å². The van der Waals surface area contributed by atoms with Crippen LogP contribution in [0.25, 0.3) is 0 Å². The van der Waals surface area contributed by atoms with Crippen LogP contribution in [0.5, 0.6) is 5.88 Å². The first-order chi connectivity index (χ1) is 17.2. The molecule has 1 N–H and O–H groups in total. The Morgan fingerprint density at radius 2 is 1.89 bits per heavy atom. The van der Waals surface area contributed by atoms with Gasteiger partial charge in [-0.05, 0) is 37.3 Å². The average molecular weight is 525 g/mol. The highest BCUT2D eigenvalue weighted by Crippen LogP contribution is 2.47. The summed E-state index contributed by atoms with van der Waals surface area (Å²) < 4.78 is 6.05. The minimum Gasteiger partial charge on any atom is -0.477 e. The predicted molar refractivity (Wildman–Crippen MR) is 143 cm³/mol. The Hall–Kier alpha value is -3.14. The number of carbonyl (C=O) groups is 1. The third-order valence-corrected chi connectivity index (χ3v) is 7.73. The summed E-state index contributed by atoms with van der Waals surface area (Å²) in [6.45, 7) is 16.4. The molecule has 10 heteroatoms. The van der Waals surface area contributed by atoms with Crippen LogP contribution in [0.1, 0.15) is 87.0 Å². The molecule has 0 spiro atoms. The lowest BCUT2D eigenvalue weighted by atomic mass is 9.86. The molecule has 0 aromatic carbocycles. The molecule has 1 unspecified atom stereocenters. The summed E-state index contributed by atoms with van der Waals surface area (Å²) >= 11 is 1.44. The maximum atomic E-state index is 12.7. The Morgan fingerprint density at radius 3 is 2.46 bits per heavy atom. The lowest BCUT2D eigenvalue weighted by molar-refractivity contribution is 0.188. The third-order valence-electron chi connectivity index (χ3n) is 6.33. The van der Waals surface area contributed by atoms with Crippen LogP contribution < -0.4 is 9.64 Å². The van der Waals surface area contributed by atoms with Gasteiger partial charge in [-0.25, -0.2) is 9.78 Å². The molecule has 37 heavy (non-hydrogen) atoms. The van der Waals surface area contributed by atoms with Gasteiger partial charge in [0.1, 0.15) is 27.7 Å². The number of anilines is 1. The maximum absolute atomic E-state index is 12.7. The highest BCUT2D eigenvalue weighted by atomic mass is 32.1. The third kappa shape index (κ3) is 6.23. The van der Waals surface area contributed by atoms with E-state index in [4.69, 9.17) is 4.74 Å². The first-order valence-corrected chi connectivity index (χ1v) is 13.3. The van der Waals surface area contributed by atoms with E-state index in [1.54, 1.807) is 13.0 Å². The van der Waals surface area contributed by atoms with Crippen molar-refractivity contribution in [2.45, 2.75) is 79.2 Å². The number of pyridine rings is 1. The molecule has 1 fully saturated rings. The molecule has 198 valence electrons. The summed E-state index contributed by atoms with van der Waals surface area (Å²) in [6, 6.07) is 5.16. The second-order valence-corrected chi connectivity index (χ2v) is 12.9. The molecule has 0 bridgehead atoms. The van der Waals surface area contributed by atoms with Crippen LogP contribution in [0.15, 0.2) is 24.4 Å². The van der Waals surface area contributed by atoms with Crippen molar-refractivity contribution in [1.29, 1.82) is 0 Å². The number of amides is 1. The molecule has 0 radical (unpaired) electrons. The van der Waals surface area contributed by atoms with Gasteiger partial charge in [0.2, 0.25) is 5.88 Å². The first-order valence-electron chi connectivity index (χ1n) is 12.5. The van der Waals surface area contributed by atoms with Gasteiger partial charge in [0.15, 0.2) is 0 Å². The molecule has 1 aliphatic rings. The van der Waals surface area contributed by atoms with Crippen LogP contribution >= 0.6 is 11.3 Å². The zero-order valence-corrected chi connectivity index (χ0v) is 23.6. The van der Waals surface area contributed by atoms with Crippen molar-refractivity contribution in [2.75, 3.05) is 11.5 Å². The highest BCUT2D eigenvalue weighted by molar-refractivity contribution is 7.11. The topological polar surface area (TPSA) is 114 Å².